The molecule has 1 aromatic carbocycles. The number of amides is 1. The van der Waals surface area contributed by atoms with Gasteiger partial charge in [0.2, 0.25) is 11.8 Å². The van der Waals surface area contributed by atoms with Gasteiger partial charge in [-0.05, 0) is 17.7 Å². The molecule has 0 bridgehead atoms. The Morgan fingerprint density at radius 2 is 1.81 bits per heavy atom. The third-order valence-corrected chi connectivity index (χ3v) is 4.94. The Morgan fingerprint density at radius 1 is 1.19 bits per heavy atom. The molecule has 3 rings (SSSR count). The maximum atomic E-state index is 12.5. The number of aromatic hydroxyl groups is 1. The summed E-state index contributed by atoms with van der Waals surface area (Å²) in [6, 6.07) is 7.05. The van der Waals surface area contributed by atoms with E-state index in [-0.39, 0.29) is 23.6 Å². The van der Waals surface area contributed by atoms with Gasteiger partial charge in [0.25, 0.3) is 5.56 Å². The second-order valence-electron chi connectivity index (χ2n) is 6.09. The van der Waals surface area contributed by atoms with Crippen LogP contribution in [-0.4, -0.2) is 30.9 Å². The molecule has 136 valence electrons. The van der Waals surface area contributed by atoms with Crippen LogP contribution < -0.4 is 11.2 Å². The molecule has 8 nitrogen and oxygen atoms in total. The fourth-order valence-corrected chi connectivity index (χ4v) is 3.25. The quantitative estimate of drug-likeness (QED) is 0.790. The van der Waals surface area contributed by atoms with Crippen LogP contribution in [0.25, 0.3) is 0 Å². The van der Waals surface area contributed by atoms with Crippen LogP contribution in [0.4, 0.5) is 0 Å². The molecule has 1 atom stereocenters. The van der Waals surface area contributed by atoms with E-state index >= 15 is 0 Å². The summed E-state index contributed by atoms with van der Waals surface area (Å²) >= 11 is 3.37. The summed E-state index contributed by atoms with van der Waals surface area (Å²) in [4.78, 5) is 36.5. The topological polar surface area (TPSA) is 96.9 Å². The van der Waals surface area contributed by atoms with Crippen LogP contribution in [0.3, 0.4) is 0 Å². The molecule has 2 aromatic rings. The van der Waals surface area contributed by atoms with Crippen molar-refractivity contribution in [3.63, 3.8) is 0 Å². The molecule has 0 spiro atoms. The first-order valence-electron chi connectivity index (χ1n) is 7.84. The van der Waals surface area contributed by atoms with E-state index in [0.717, 1.165) is 19.2 Å². The minimum atomic E-state index is -0.649. The van der Waals surface area contributed by atoms with Crippen molar-refractivity contribution < 1.29 is 9.90 Å². The normalized spacial score (nSPS) is 16.7. The zero-order valence-electron chi connectivity index (χ0n) is 14.4. The van der Waals surface area contributed by atoms with Crippen LogP contribution >= 0.6 is 15.9 Å². The smallest absolute Gasteiger partial charge is 0.333 e. The molecule has 0 fully saturated rings. The van der Waals surface area contributed by atoms with Gasteiger partial charge >= 0.3 is 5.69 Å². The number of halogens is 1. The van der Waals surface area contributed by atoms with Gasteiger partial charge in [0.05, 0.1) is 11.8 Å². The van der Waals surface area contributed by atoms with Crippen LogP contribution in [-0.2, 0) is 18.9 Å². The van der Waals surface area contributed by atoms with Gasteiger partial charge in [0.1, 0.15) is 5.56 Å². The molecular formula is C17H17BrN4O4. The lowest BCUT2D eigenvalue weighted by molar-refractivity contribution is -0.130. The Labute approximate surface area is 157 Å². The fraction of sp³-hybridized carbons (Fsp3) is 0.294. The van der Waals surface area contributed by atoms with Gasteiger partial charge in [-0.3, -0.25) is 18.7 Å². The van der Waals surface area contributed by atoms with Crippen LogP contribution in [0.2, 0.25) is 0 Å². The summed E-state index contributed by atoms with van der Waals surface area (Å²) in [5, 5.41) is 15.9. The number of hydrazone groups is 1. The molecule has 26 heavy (non-hydrogen) atoms. The molecule has 0 saturated carbocycles. The Bertz CT molecular complexity index is 1040. The zero-order valence-corrected chi connectivity index (χ0v) is 16.0. The van der Waals surface area contributed by atoms with Gasteiger partial charge < -0.3 is 5.11 Å². The highest BCUT2D eigenvalue weighted by Gasteiger charge is 2.34. The van der Waals surface area contributed by atoms with Crippen molar-refractivity contribution in [2.24, 2.45) is 19.2 Å². The van der Waals surface area contributed by atoms with E-state index in [2.05, 4.69) is 21.0 Å². The van der Waals surface area contributed by atoms with E-state index in [1.807, 2.05) is 24.3 Å². The van der Waals surface area contributed by atoms with E-state index in [4.69, 9.17) is 0 Å². The summed E-state index contributed by atoms with van der Waals surface area (Å²) in [6.45, 7) is 1.39. The van der Waals surface area contributed by atoms with Gasteiger partial charge in [0, 0.05) is 31.9 Å². The Balaban J connectivity index is 2.12. The van der Waals surface area contributed by atoms with E-state index < -0.39 is 23.2 Å². The first-order chi connectivity index (χ1) is 12.2. The number of carbonyl (C=O) groups excluding carboxylic acids is 1. The lowest BCUT2D eigenvalue weighted by Gasteiger charge is -2.20. The summed E-state index contributed by atoms with van der Waals surface area (Å²) < 4.78 is 2.78. The maximum Gasteiger partial charge on any atom is 0.333 e. The number of rotatable bonds is 2. The number of benzene rings is 1. The molecule has 9 heteroatoms. The minimum absolute atomic E-state index is 0.0690. The predicted octanol–water partition coefficient (Wildman–Crippen LogP) is 1.25. The molecule has 0 radical (unpaired) electrons. The van der Waals surface area contributed by atoms with E-state index in [1.54, 1.807) is 0 Å². The molecule has 0 aliphatic carbocycles. The molecule has 2 heterocycles. The molecule has 1 N–H and O–H groups in total. The van der Waals surface area contributed by atoms with Crippen LogP contribution in [0.15, 0.2) is 43.4 Å². The summed E-state index contributed by atoms with van der Waals surface area (Å²) in [7, 11) is 2.70. The molecule has 0 saturated heterocycles. The van der Waals surface area contributed by atoms with Crippen LogP contribution in [0.5, 0.6) is 5.88 Å². The molecule has 1 aliphatic rings. The number of aromatic nitrogens is 2. The van der Waals surface area contributed by atoms with Crippen molar-refractivity contribution >= 4 is 27.5 Å². The van der Waals surface area contributed by atoms with Crippen molar-refractivity contribution in [3.05, 3.63) is 60.7 Å². The second kappa shape index (κ2) is 6.56. The van der Waals surface area contributed by atoms with Gasteiger partial charge in [0.15, 0.2) is 0 Å². The number of hydrogen-bond donors (Lipinski definition) is 1. The average Bonchev–Trinajstić information content (AvgIpc) is 3.04. The van der Waals surface area contributed by atoms with E-state index in [0.29, 0.717) is 0 Å². The van der Waals surface area contributed by atoms with Gasteiger partial charge in [-0.25, -0.2) is 9.80 Å². The van der Waals surface area contributed by atoms with Crippen molar-refractivity contribution in [3.8, 4) is 5.88 Å². The maximum absolute atomic E-state index is 12.5. The highest BCUT2D eigenvalue weighted by molar-refractivity contribution is 9.10. The summed E-state index contributed by atoms with van der Waals surface area (Å²) in [5.74, 6) is -0.745. The summed E-state index contributed by atoms with van der Waals surface area (Å²) in [5.41, 5.74) is -0.238. The largest absolute Gasteiger partial charge is 0.494 e. The van der Waals surface area contributed by atoms with Gasteiger partial charge in [-0.15, -0.1) is 0 Å². The standard InChI is InChI=1S/C17H17BrN4O4/c1-9(23)22-13(10-4-6-11(18)7-5-10)8-12(19-22)14-15(24)20(2)17(26)21(3)16(14)25/h4-7,13,24H,8H2,1-3H3/t13-/m0/s1. The van der Waals surface area contributed by atoms with Crippen molar-refractivity contribution in [1.29, 1.82) is 0 Å². The first kappa shape index (κ1) is 18.1. The monoisotopic (exact) mass is 420 g/mol. The van der Waals surface area contributed by atoms with Crippen molar-refractivity contribution in [2.75, 3.05) is 0 Å². The van der Waals surface area contributed by atoms with Crippen molar-refractivity contribution in [2.45, 2.75) is 19.4 Å². The van der Waals surface area contributed by atoms with Crippen LogP contribution in [0.1, 0.15) is 30.5 Å². The minimum Gasteiger partial charge on any atom is -0.494 e. The van der Waals surface area contributed by atoms with Crippen LogP contribution in [0, 0.1) is 0 Å². The molecule has 1 aliphatic heterocycles. The Kier molecular flexibility index (Phi) is 4.57. The van der Waals surface area contributed by atoms with Gasteiger partial charge in [-0.1, -0.05) is 28.1 Å². The highest BCUT2D eigenvalue weighted by Crippen LogP contribution is 2.33. The Morgan fingerprint density at radius 3 is 2.38 bits per heavy atom. The SMILES string of the molecule is CC(=O)N1N=C(c2c(O)n(C)c(=O)n(C)c2=O)C[C@H]1c1ccc(Br)cc1. The molecule has 1 aromatic heterocycles. The Hall–Kier alpha value is -2.68. The lowest BCUT2D eigenvalue weighted by Crippen LogP contribution is -2.39. The lowest BCUT2D eigenvalue weighted by atomic mass is 9.99. The molecular weight excluding hydrogens is 404 g/mol. The second-order valence-corrected chi connectivity index (χ2v) is 7.00. The fourth-order valence-electron chi connectivity index (χ4n) is 2.98. The molecule has 1 amide bonds. The third-order valence-electron chi connectivity index (χ3n) is 4.41. The zero-order chi connectivity index (χ0) is 19.2. The van der Waals surface area contributed by atoms with Gasteiger partial charge in [-0.2, -0.15) is 5.10 Å². The number of nitrogens with zero attached hydrogens (tertiary/aromatic N) is 4. The highest BCUT2D eigenvalue weighted by atomic mass is 79.9. The van der Waals surface area contributed by atoms with Crippen molar-refractivity contribution in [1.82, 2.24) is 14.1 Å². The first-order valence-corrected chi connectivity index (χ1v) is 8.63. The number of carbonyl (C=O) groups is 1. The number of hydrogen-bond acceptors (Lipinski definition) is 5. The summed E-state index contributed by atoms with van der Waals surface area (Å²) in [6.07, 6.45) is 0.252. The average molecular weight is 421 g/mol. The predicted molar refractivity (Wildman–Crippen MR) is 99.1 cm³/mol. The molecule has 0 unspecified atom stereocenters. The van der Waals surface area contributed by atoms with E-state index in [1.165, 1.54) is 26.0 Å². The third kappa shape index (κ3) is 2.88. The van der Waals surface area contributed by atoms with E-state index in [9.17, 15) is 19.5 Å².